The highest BCUT2D eigenvalue weighted by Crippen LogP contribution is 2.22. The van der Waals surface area contributed by atoms with Gasteiger partial charge in [-0.15, -0.1) is 0 Å². The minimum Gasteiger partial charge on any atom is -0.478 e. The Morgan fingerprint density at radius 3 is 2.65 bits per heavy atom. The average Bonchev–Trinajstić information content (AvgIpc) is 2.64. The molecule has 106 valence electrons. The molecule has 1 unspecified atom stereocenters. The van der Waals surface area contributed by atoms with Gasteiger partial charge in [-0.05, 0) is 57.0 Å². The van der Waals surface area contributed by atoms with E-state index in [0.717, 1.165) is 23.5 Å². The lowest BCUT2D eigenvalue weighted by molar-refractivity contribution is 0.0697. The summed E-state index contributed by atoms with van der Waals surface area (Å²) in [6, 6.07) is 9.20. The first-order chi connectivity index (χ1) is 9.40. The minimum absolute atomic E-state index is 0.106. The van der Waals surface area contributed by atoms with Gasteiger partial charge in [0.15, 0.2) is 0 Å². The monoisotopic (exact) mass is 272 g/mol. The van der Waals surface area contributed by atoms with E-state index >= 15 is 0 Å². The summed E-state index contributed by atoms with van der Waals surface area (Å²) in [5, 5.41) is 9.09. The van der Waals surface area contributed by atoms with E-state index < -0.39 is 5.97 Å². The topological polar surface area (TPSA) is 68.2 Å². The van der Waals surface area contributed by atoms with Crippen LogP contribution in [0.5, 0.6) is 0 Å². The van der Waals surface area contributed by atoms with E-state index in [1.165, 1.54) is 5.56 Å². The summed E-state index contributed by atoms with van der Waals surface area (Å²) in [6.45, 7) is 6.04. The molecule has 0 aliphatic carbocycles. The molecule has 2 rings (SSSR count). The van der Waals surface area contributed by atoms with Crippen molar-refractivity contribution < 1.29 is 9.90 Å². The van der Waals surface area contributed by atoms with E-state index in [1.54, 1.807) is 18.2 Å². The number of nitrogens with two attached hydrogens (primary N) is 1. The molecular weight excluding hydrogens is 252 g/mol. The second-order valence-electron chi connectivity index (χ2n) is 5.27. The Morgan fingerprint density at radius 2 is 2.05 bits per heavy atom. The van der Waals surface area contributed by atoms with Crippen LogP contribution in [0.1, 0.15) is 34.2 Å². The number of nitrogens with zero attached hydrogens (tertiary/aromatic N) is 1. The van der Waals surface area contributed by atoms with Crippen LogP contribution in [0.4, 0.5) is 0 Å². The number of aromatic nitrogens is 1. The number of hydrogen-bond acceptors (Lipinski definition) is 2. The van der Waals surface area contributed by atoms with Crippen LogP contribution in [0, 0.1) is 13.8 Å². The Balaban J connectivity index is 2.50. The molecule has 0 saturated carbocycles. The van der Waals surface area contributed by atoms with E-state index in [4.69, 9.17) is 10.8 Å². The van der Waals surface area contributed by atoms with E-state index in [1.807, 2.05) is 26.8 Å². The summed E-state index contributed by atoms with van der Waals surface area (Å²) in [6.07, 6.45) is 0.818. The van der Waals surface area contributed by atoms with Crippen LogP contribution in [0.15, 0.2) is 30.3 Å². The molecule has 1 aromatic heterocycles. The summed E-state index contributed by atoms with van der Waals surface area (Å²) in [7, 11) is 0. The van der Waals surface area contributed by atoms with Gasteiger partial charge in [0.1, 0.15) is 0 Å². The predicted octanol–water partition coefficient (Wildman–Crippen LogP) is 2.68. The lowest BCUT2D eigenvalue weighted by atomic mass is 10.1. The van der Waals surface area contributed by atoms with Crippen molar-refractivity contribution in [2.24, 2.45) is 5.73 Å². The van der Waals surface area contributed by atoms with Crippen LogP contribution >= 0.6 is 0 Å². The molecule has 0 bridgehead atoms. The third kappa shape index (κ3) is 2.75. The molecule has 4 heteroatoms. The molecule has 0 amide bonds. The Morgan fingerprint density at radius 1 is 1.35 bits per heavy atom. The molecule has 0 aliphatic heterocycles. The molecule has 0 spiro atoms. The van der Waals surface area contributed by atoms with Crippen molar-refractivity contribution in [2.75, 3.05) is 0 Å². The van der Waals surface area contributed by atoms with Gasteiger partial charge >= 0.3 is 5.97 Å². The van der Waals surface area contributed by atoms with Crippen molar-refractivity contribution in [3.63, 3.8) is 0 Å². The quantitative estimate of drug-likeness (QED) is 0.899. The molecule has 3 N–H and O–H groups in total. The molecule has 4 nitrogen and oxygen atoms in total. The maximum atomic E-state index is 11.1. The Hall–Kier alpha value is -2.07. The number of benzene rings is 1. The normalized spacial score (nSPS) is 12.4. The molecule has 0 radical (unpaired) electrons. The van der Waals surface area contributed by atoms with Crippen molar-refractivity contribution >= 4 is 5.97 Å². The third-order valence-corrected chi connectivity index (χ3v) is 3.43. The van der Waals surface area contributed by atoms with E-state index in [-0.39, 0.29) is 6.04 Å². The molecule has 0 saturated heterocycles. The third-order valence-electron chi connectivity index (χ3n) is 3.43. The van der Waals surface area contributed by atoms with Gasteiger partial charge in [0.2, 0.25) is 0 Å². The molecule has 2 aromatic rings. The molecule has 1 heterocycles. The number of rotatable bonds is 4. The standard InChI is InChI=1S/C16H20N2O2/c1-10(17)7-14-8-11(2)18(12(14)3)15-6-4-5-13(9-15)16(19)20/h4-6,8-10H,7,17H2,1-3H3,(H,19,20). The summed E-state index contributed by atoms with van der Waals surface area (Å²) >= 11 is 0. The number of carboxylic acids is 1. The fourth-order valence-corrected chi connectivity index (χ4v) is 2.56. The second kappa shape index (κ2) is 5.51. The zero-order valence-corrected chi connectivity index (χ0v) is 12.1. The molecule has 1 atom stereocenters. The van der Waals surface area contributed by atoms with Gasteiger partial charge in [-0.25, -0.2) is 4.79 Å². The highest BCUT2D eigenvalue weighted by atomic mass is 16.4. The van der Waals surface area contributed by atoms with E-state index in [9.17, 15) is 4.79 Å². The molecule has 20 heavy (non-hydrogen) atoms. The summed E-state index contributed by atoms with van der Waals surface area (Å²) in [5.74, 6) is -0.912. The molecule has 1 aromatic carbocycles. The van der Waals surface area contributed by atoms with Crippen molar-refractivity contribution in [2.45, 2.75) is 33.2 Å². The predicted molar refractivity (Wildman–Crippen MR) is 79.6 cm³/mol. The maximum absolute atomic E-state index is 11.1. The Labute approximate surface area is 118 Å². The van der Waals surface area contributed by atoms with Crippen LogP contribution in [-0.2, 0) is 6.42 Å². The number of aromatic carboxylic acids is 1. The van der Waals surface area contributed by atoms with Gasteiger partial charge in [-0.3, -0.25) is 0 Å². The van der Waals surface area contributed by atoms with Gasteiger partial charge in [-0.1, -0.05) is 6.07 Å². The lowest BCUT2D eigenvalue weighted by Crippen LogP contribution is -2.18. The van der Waals surface area contributed by atoms with Crippen LogP contribution in [0.3, 0.4) is 0 Å². The first kappa shape index (κ1) is 14.3. The second-order valence-corrected chi connectivity index (χ2v) is 5.27. The van der Waals surface area contributed by atoms with Crippen molar-refractivity contribution in [3.8, 4) is 5.69 Å². The SMILES string of the molecule is Cc1cc(CC(C)N)c(C)n1-c1cccc(C(=O)O)c1. The highest BCUT2D eigenvalue weighted by Gasteiger charge is 2.13. The smallest absolute Gasteiger partial charge is 0.335 e. The van der Waals surface area contributed by atoms with Gasteiger partial charge in [0.25, 0.3) is 0 Å². The zero-order valence-electron chi connectivity index (χ0n) is 12.1. The molecule has 0 fully saturated rings. The number of carboxylic acid groups (broad SMARTS) is 1. The van der Waals surface area contributed by atoms with Gasteiger partial charge < -0.3 is 15.4 Å². The van der Waals surface area contributed by atoms with Gasteiger partial charge in [0, 0.05) is 23.1 Å². The summed E-state index contributed by atoms with van der Waals surface area (Å²) < 4.78 is 2.07. The highest BCUT2D eigenvalue weighted by molar-refractivity contribution is 5.88. The number of carbonyl (C=O) groups is 1. The first-order valence-corrected chi connectivity index (χ1v) is 6.67. The molecule has 0 aliphatic rings. The lowest BCUT2D eigenvalue weighted by Gasteiger charge is -2.11. The van der Waals surface area contributed by atoms with Crippen molar-refractivity contribution in [1.29, 1.82) is 0 Å². The van der Waals surface area contributed by atoms with Crippen LogP contribution < -0.4 is 5.73 Å². The fourth-order valence-electron chi connectivity index (χ4n) is 2.56. The summed E-state index contributed by atoms with van der Waals surface area (Å²) in [4.78, 5) is 11.1. The molecular formula is C16H20N2O2. The fraction of sp³-hybridized carbons (Fsp3) is 0.312. The number of hydrogen-bond donors (Lipinski definition) is 2. The first-order valence-electron chi connectivity index (χ1n) is 6.67. The minimum atomic E-state index is -0.912. The summed E-state index contributed by atoms with van der Waals surface area (Å²) in [5.41, 5.74) is 10.4. The average molecular weight is 272 g/mol. The Kier molecular flexibility index (Phi) is 3.95. The number of aryl methyl sites for hydroxylation is 1. The van der Waals surface area contributed by atoms with Crippen LogP contribution in [0.2, 0.25) is 0 Å². The van der Waals surface area contributed by atoms with Crippen molar-refractivity contribution in [1.82, 2.24) is 4.57 Å². The Bertz CT molecular complexity index is 642. The van der Waals surface area contributed by atoms with Crippen molar-refractivity contribution in [3.05, 3.63) is 52.8 Å². The van der Waals surface area contributed by atoms with E-state index in [0.29, 0.717) is 5.56 Å². The van der Waals surface area contributed by atoms with Crippen LogP contribution in [0.25, 0.3) is 5.69 Å². The van der Waals surface area contributed by atoms with Gasteiger partial charge in [0.05, 0.1) is 5.56 Å². The van der Waals surface area contributed by atoms with Crippen LogP contribution in [-0.4, -0.2) is 21.7 Å². The zero-order chi connectivity index (χ0) is 14.9. The van der Waals surface area contributed by atoms with Gasteiger partial charge in [-0.2, -0.15) is 0 Å². The largest absolute Gasteiger partial charge is 0.478 e. The van der Waals surface area contributed by atoms with E-state index in [2.05, 4.69) is 10.6 Å². The maximum Gasteiger partial charge on any atom is 0.335 e.